The molecule has 0 aliphatic carbocycles. The first-order valence-corrected chi connectivity index (χ1v) is 10.6. The lowest BCUT2D eigenvalue weighted by Crippen LogP contribution is -2.37. The maximum atomic E-state index is 6.55. The van der Waals surface area contributed by atoms with Crippen LogP contribution in [0.5, 0.6) is 5.75 Å². The summed E-state index contributed by atoms with van der Waals surface area (Å²) in [4.78, 5) is 0. The molecule has 1 heterocycles. The van der Waals surface area contributed by atoms with E-state index in [0.717, 1.165) is 38.2 Å². The van der Waals surface area contributed by atoms with Crippen molar-refractivity contribution in [2.45, 2.75) is 13.1 Å². The molecule has 4 nitrogen and oxygen atoms in total. The van der Waals surface area contributed by atoms with Crippen molar-refractivity contribution in [2.75, 3.05) is 12.3 Å². The Kier molecular flexibility index (Phi) is 5.69. The maximum absolute atomic E-state index is 6.55. The molecule has 0 saturated heterocycles. The Bertz CT molecular complexity index is 1090. The molecule has 4 rings (SSSR count). The summed E-state index contributed by atoms with van der Waals surface area (Å²) in [7, 11) is 0. The molecule has 0 amide bonds. The van der Waals surface area contributed by atoms with Crippen molar-refractivity contribution in [3.8, 4) is 5.75 Å². The Morgan fingerprint density at radius 1 is 0.857 bits per heavy atom. The highest BCUT2D eigenvalue weighted by Gasteiger charge is 2.20. The lowest BCUT2D eigenvalue weighted by molar-refractivity contribution is -0.648. The normalized spacial score (nSPS) is 11.1. The highest BCUT2D eigenvalue weighted by Crippen LogP contribution is 2.19. The van der Waals surface area contributed by atoms with Gasteiger partial charge in [0.15, 0.2) is 0 Å². The lowest BCUT2D eigenvalue weighted by atomic mass is 10.2. The molecule has 0 saturated carbocycles. The van der Waals surface area contributed by atoms with Gasteiger partial charge in [0.05, 0.1) is 6.54 Å². The number of benzene rings is 3. The van der Waals surface area contributed by atoms with Gasteiger partial charge in [0, 0.05) is 8.95 Å². The highest BCUT2D eigenvalue weighted by molar-refractivity contribution is 9.10. The minimum atomic E-state index is 0.544. The largest absolute Gasteiger partial charge is 0.490 e. The second-order valence-corrected chi connectivity index (χ2v) is 8.34. The summed E-state index contributed by atoms with van der Waals surface area (Å²) in [6, 6.07) is 24.5. The summed E-state index contributed by atoms with van der Waals surface area (Å²) >= 11 is 6.93. The van der Waals surface area contributed by atoms with Gasteiger partial charge in [0.1, 0.15) is 29.9 Å². The number of hydrogen-bond donors (Lipinski definition) is 1. The average molecular weight is 502 g/mol. The third kappa shape index (κ3) is 4.08. The minimum Gasteiger partial charge on any atom is -0.490 e. The Hall–Kier alpha value is -2.31. The molecule has 28 heavy (non-hydrogen) atoms. The van der Waals surface area contributed by atoms with Gasteiger partial charge < -0.3 is 4.74 Å². The van der Waals surface area contributed by atoms with Crippen LogP contribution in [0.25, 0.3) is 11.0 Å². The van der Waals surface area contributed by atoms with E-state index in [1.807, 2.05) is 36.4 Å². The van der Waals surface area contributed by atoms with Gasteiger partial charge in [-0.3, -0.25) is 5.73 Å². The lowest BCUT2D eigenvalue weighted by Gasteiger charge is -2.06. The Labute approximate surface area is 180 Å². The minimum absolute atomic E-state index is 0.544. The molecule has 0 radical (unpaired) electrons. The van der Waals surface area contributed by atoms with Crippen LogP contribution in [0.3, 0.4) is 0 Å². The van der Waals surface area contributed by atoms with Gasteiger partial charge >= 0.3 is 5.95 Å². The number of fused-ring (bicyclic) bond motifs is 1. The SMILES string of the molecule is Nc1n(CCOc2ccc(Br)cc2)c2ccccc2[n+]1Cc1ccc(Br)cc1. The van der Waals surface area contributed by atoms with Crippen LogP contribution in [0, 0.1) is 0 Å². The second-order valence-electron chi connectivity index (χ2n) is 6.51. The first-order valence-electron chi connectivity index (χ1n) is 9.01. The summed E-state index contributed by atoms with van der Waals surface area (Å²) < 4.78 is 12.3. The highest BCUT2D eigenvalue weighted by atomic mass is 79.9. The average Bonchev–Trinajstić information content (AvgIpc) is 2.97. The molecule has 0 atom stereocenters. The quantitative estimate of drug-likeness (QED) is 0.371. The molecule has 6 heteroatoms. The first kappa shape index (κ1) is 19.0. The maximum Gasteiger partial charge on any atom is 0.356 e. The topological polar surface area (TPSA) is 44.1 Å². The van der Waals surface area contributed by atoms with Crippen molar-refractivity contribution in [1.29, 1.82) is 0 Å². The van der Waals surface area contributed by atoms with Gasteiger partial charge in [-0.25, -0.2) is 9.13 Å². The van der Waals surface area contributed by atoms with Crippen LogP contribution in [0.2, 0.25) is 0 Å². The molecule has 1 aromatic heterocycles. The predicted molar refractivity (Wildman–Crippen MR) is 119 cm³/mol. The van der Waals surface area contributed by atoms with E-state index in [2.05, 4.69) is 77.4 Å². The van der Waals surface area contributed by atoms with Gasteiger partial charge in [-0.1, -0.05) is 56.1 Å². The molecule has 2 N–H and O–H groups in total. The number of halogens is 2. The molecule has 142 valence electrons. The van der Waals surface area contributed by atoms with E-state index in [1.165, 1.54) is 5.56 Å². The standard InChI is InChI=1S/C22H19Br2N3O/c23-17-7-5-16(6-8-17)15-27-21-4-2-1-3-20(21)26(22(27)25)13-14-28-19-11-9-18(24)10-12-19/h1-12,25H,13-15H2/p+1. The van der Waals surface area contributed by atoms with E-state index in [1.54, 1.807) is 0 Å². The van der Waals surface area contributed by atoms with Gasteiger partial charge in [0.25, 0.3) is 0 Å². The van der Waals surface area contributed by atoms with Crippen LogP contribution in [-0.4, -0.2) is 11.2 Å². The van der Waals surface area contributed by atoms with Crippen LogP contribution >= 0.6 is 31.9 Å². The van der Waals surface area contributed by atoms with Crippen LogP contribution in [0.1, 0.15) is 5.56 Å². The van der Waals surface area contributed by atoms with Crippen LogP contribution < -0.4 is 15.0 Å². The van der Waals surface area contributed by atoms with Crippen molar-refractivity contribution >= 4 is 48.8 Å². The van der Waals surface area contributed by atoms with Crippen molar-refractivity contribution in [3.63, 3.8) is 0 Å². The molecular formula is C22H20Br2N3O+. The molecule has 0 bridgehead atoms. The number of hydrogen-bond acceptors (Lipinski definition) is 2. The number of imidazole rings is 1. The van der Waals surface area contributed by atoms with E-state index in [4.69, 9.17) is 10.5 Å². The summed E-state index contributed by atoms with van der Waals surface area (Å²) in [6.07, 6.45) is 0. The third-order valence-electron chi connectivity index (χ3n) is 4.67. The van der Waals surface area contributed by atoms with E-state index < -0.39 is 0 Å². The van der Waals surface area contributed by atoms with Gasteiger partial charge in [-0.05, 0) is 54.1 Å². The smallest absolute Gasteiger partial charge is 0.356 e. The Balaban J connectivity index is 1.58. The molecular weight excluding hydrogens is 482 g/mol. The van der Waals surface area contributed by atoms with Crippen molar-refractivity contribution < 1.29 is 9.30 Å². The van der Waals surface area contributed by atoms with Gasteiger partial charge in [-0.2, -0.15) is 0 Å². The summed E-state index contributed by atoms with van der Waals surface area (Å²) in [6.45, 7) is 1.94. The number of nitrogens with zero attached hydrogens (tertiary/aromatic N) is 2. The molecule has 3 aromatic carbocycles. The summed E-state index contributed by atoms with van der Waals surface area (Å²) in [5.74, 6) is 1.57. The number of aromatic nitrogens is 2. The number of rotatable bonds is 6. The molecule has 4 aromatic rings. The van der Waals surface area contributed by atoms with E-state index in [-0.39, 0.29) is 0 Å². The van der Waals surface area contributed by atoms with E-state index in [9.17, 15) is 0 Å². The number of ether oxygens (including phenoxy) is 1. The van der Waals surface area contributed by atoms with Crippen LogP contribution in [0.4, 0.5) is 5.95 Å². The number of anilines is 1. The Morgan fingerprint density at radius 2 is 1.50 bits per heavy atom. The zero-order valence-corrected chi connectivity index (χ0v) is 18.4. The predicted octanol–water partition coefficient (Wildman–Crippen LogP) is 5.16. The molecule has 0 unspecified atom stereocenters. The third-order valence-corrected chi connectivity index (χ3v) is 5.72. The zero-order chi connectivity index (χ0) is 19.5. The number of nitrogen functional groups attached to an aromatic ring is 1. The molecule has 0 aliphatic rings. The molecule has 0 aliphatic heterocycles. The second kappa shape index (κ2) is 8.37. The first-order chi connectivity index (χ1) is 13.6. The van der Waals surface area contributed by atoms with E-state index in [0.29, 0.717) is 13.2 Å². The fourth-order valence-electron chi connectivity index (χ4n) is 3.27. The summed E-state index contributed by atoms with van der Waals surface area (Å²) in [5, 5.41) is 0. The number of para-hydroxylation sites is 2. The Morgan fingerprint density at radius 3 is 2.21 bits per heavy atom. The van der Waals surface area contributed by atoms with E-state index >= 15 is 0 Å². The zero-order valence-electron chi connectivity index (χ0n) is 15.2. The van der Waals surface area contributed by atoms with Crippen molar-refractivity contribution in [3.05, 3.63) is 87.3 Å². The van der Waals surface area contributed by atoms with Gasteiger partial charge in [0.2, 0.25) is 0 Å². The summed E-state index contributed by atoms with van der Waals surface area (Å²) in [5.41, 5.74) is 9.98. The van der Waals surface area contributed by atoms with Crippen LogP contribution in [-0.2, 0) is 13.1 Å². The number of nitrogens with two attached hydrogens (primary N) is 1. The molecule has 0 fully saturated rings. The van der Waals surface area contributed by atoms with Crippen molar-refractivity contribution in [1.82, 2.24) is 4.57 Å². The van der Waals surface area contributed by atoms with Crippen LogP contribution in [0.15, 0.2) is 81.7 Å². The fourth-order valence-corrected chi connectivity index (χ4v) is 3.80. The fraction of sp³-hybridized carbons (Fsp3) is 0.136. The molecule has 0 spiro atoms. The monoisotopic (exact) mass is 500 g/mol. The van der Waals surface area contributed by atoms with Crippen molar-refractivity contribution in [2.24, 2.45) is 0 Å². The van der Waals surface area contributed by atoms with Gasteiger partial charge in [-0.15, -0.1) is 0 Å².